The predicted octanol–water partition coefficient (Wildman–Crippen LogP) is 3.28. The van der Waals surface area contributed by atoms with E-state index in [1.165, 1.54) is 5.57 Å². The van der Waals surface area contributed by atoms with Crippen molar-refractivity contribution in [2.75, 3.05) is 6.61 Å². The second-order valence-electron chi connectivity index (χ2n) is 8.87. The molecule has 1 spiro atoms. The molecule has 4 bridgehead atoms. The number of cyclic esters (lactones) is 1. The molecule has 5 aliphatic rings. The molecule has 0 aromatic carbocycles. The SMILES string of the molecule is C=C1[C@H]2[C@@]3(CCC[C@@]2(C)C(=O)OC3)[C@@H]2CC[C@@H]3C[C@]12CC3=O. The molecule has 3 nitrogen and oxygen atoms in total. The molecule has 5 rings (SSSR count). The van der Waals surface area contributed by atoms with Crippen molar-refractivity contribution in [3.8, 4) is 0 Å². The third kappa shape index (κ3) is 1.17. The maximum absolute atomic E-state index is 12.6. The third-order valence-corrected chi connectivity index (χ3v) is 8.20. The molecule has 5 fully saturated rings. The maximum Gasteiger partial charge on any atom is 0.312 e. The number of hydrogen-bond acceptors (Lipinski definition) is 3. The number of fused-ring (bicyclic) bond motifs is 1. The van der Waals surface area contributed by atoms with E-state index in [2.05, 4.69) is 13.5 Å². The van der Waals surface area contributed by atoms with Crippen molar-refractivity contribution in [1.82, 2.24) is 0 Å². The highest BCUT2D eigenvalue weighted by Gasteiger charge is 2.75. The van der Waals surface area contributed by atoms with Gasteiger partial charge in [-0.1, -0.05) is 18.6 Å². The van der Waals surface area contributed by atoms with Crippen molar-refractivity contribution < 1.29 is 14.3 Å². The highest BCUT2D eigenvalue weighted by molar-refractivity contribution is 5.86. The Balaban J connectivity index is 1.72. The normalized spacial score (nSPS) is 55.7. The molecular formula is C19H24O3. The Morgan fingerprint density at radius 1 is 1.23 bits per heavy atom. The fraction of sp³-hybridized carbons (Fsp3) is 0.789. The first-order valence-corrected chi connectivity index (χ1v) is 8.83. The summed E-state index contributed by atoms with van der Waals surface area (Å²) in [5.74, 6) is 1.43. The molecule has 6 atom stereocenters. The van der Waals surface area contributed by atoms with Crippen LogP contribution in [0.2, 0.25) is 0 Å². The summed E-state index contributed by atoms with van der Waals surface area (Å²) >= 11 is 0. The van der Waals surface area contributed by atoms with Gasteiger partial charge in [-0.3, -0.25) is 9.59 Å². The summed E-state index contributed by atoms with van der Waals surface area (Å²) in [5, 5.41) is 0. The number of carbonyl (C=O) groups excluding carboxylic acids is 2. The Hall–Kier alpha value is -1.12. The van der Waals surface area contributed by atoms with E-state index in [1.54, 1.807) is 0 Å². The lowest BCUT2D eigenvalue weighted by Gasteiger charge is -2.55. The number of rotatable bonds is 0. The van der Waals surface area contributed by atoms with Crippen LogP contribution in [0.1, 0.15) is 51.9 Å². The Morgan fingerprint density at radius 3 is 2.86 bits per heavy atom. The van der Waals surface area contributed by atoms with Crippen molar-refractivity contribution in [2.24, 2.45) is 34.0 Å². The van der Waals surface area contributed by atoms with E-state index in [9.17, 15) is 9.59 Å². The molecule has 4 aliphatic carbocycles. The summed E-state index contributed by atoms with van der Waals surface area (Å²) in [6.07, 6.45) is 7.01. The molecule has 118 valence electrons. The number of carbonyl (C=O) groups is 2. The van der Waals surface area contributed by atoms with Gasteiger partial charge in [-0.15, -0.1) is 0 Å². The van der Waals surface area contributed by atoms with Crippen LogP contribution in [-0.4, -0.2) is 18.4 Å². The molecule has 22 heavy (non-hydrogen) atoms. The van der Waals surface area contributed by atoms with Crippen LogP contribution in [0.25, 0.3) is 0 Å². The van der Waals surface area contributed by atoms with Gasteiger partial charge in [0.15, 0.2) is 0 Å². The van der Waals surface area contributed by atoms with Crippen LogP contribution in [0.5, 0.6) is 0 Å². The standard InChI is InChI=1S/C19H24O3/c1-11-15-17(2)6-3-7-18(15,10-22-16(17)21)14-5-4-12-8-19(11,14)9-13(12)20/h12,14-15H,1,3-10H2,2H3/t12-,14+,15-,17-,18-,19+/m1/s1. The summed E-state index contributed by atoms with van der Waals surface area (Å²) in [6.45, 7) is 7.19. The minimum Gasteiger partial charge on any atom is -0.465 e. The van der Waals surface area contributed by atoms with Gasteiger partial charge in [0.2, 0.25) is 0 Å². The highest BCUT2D eigenvalue weighted by atomic mass is 16.5. The molecule has 1 aliphatic heterocycles. The van der Waals surface area contributed by atoms with Crippen molar-refractivity contribution in [2.45, 2.75) is 51.9 Å². The largest absolute Gasteiger partial charge is 0.465 e. The molecule has 0 aromatic rings. The van der Waals surface area contributed by atoms with Gasteiger partial charge in [0.25, 0.3) is 0 Å². The van der Waals surface area contributed by atoms with Crippen molar-refractivity contribution >= 4 is 11.8 Å². The van der Waals surface area contributed by atoms with Crippen LogP contribution in [0, 0.1) is 34.0 Å². The zero-order valence-corrected chi connectivity index (χ0v) is 13.3. The summed E-state index contributed by atoms with van der Waals surface area (Å²) in [6, 6.07) is 0. The van der Waals surface area contributed by atoms with Gasteiger partial charge in [-0.25, -0.2) is 0 Å². The molecule has 1 heterocycles. The first kappa shape index (κ1) is 13.3. The summed E-state index contributed by atoms with van der Waals surface area (Å²) in [4.78, 5) is 25.0. The van der Waals surface area contributed by atoms with E-state index in [1.807, 2.05) is 0 Å². The number of hydrogen-bond donors (Lipinski definition) is 0. The average Bonchev–Trinajstić information content (AvgIpc) is 2.87. The quantitative estimate of drug-likeness (QED) is 0.509. The second-order valence-corrected chi connectivity index (χ2v) is 8.87. The highest BCUT2D eigenvalue weighted by Crippen LogP contribution is 2.77. The zero-order valence-electron chi connectivity index (χ0n) is 13.3. The average molecular weight is 300 g/mol. The van der Waals surface area contributed by atoms with Gasteiger partial charge in [-0.05, 0) is 44.9 Å². The van der Waals surface area contributed by atoms with Gasteiger partial charge in [0, 0.05) is 29.1 Å². The van der Waals surface area contributed by atoms with Gasteiger partial charge in [-0.2, -0.15) is 0 Å². The Labute approximate surface area is 131 Å². The monoisotopic (exact) mass is 300 g/mol. The molecule has 0 N–H and O–H groups in total. The van der Waals surface area contributed by atoms with Crippen LogP contribution in [0.3, 0.4) is 0 Å². The minimum atomic E-state index is -0.402. The second kappa shape index (κ2) is 3.68. The Kier molecular flexibility index (Phi) is 2.23. The number of ketones is 1. The van der Waals surface area contributed by atoms with Crippen molar-refractivity contribution in [3.05, 3.63) is 12.2 Å². The maximum atomic E-state index is 12.6. The summed E-state index contributed by atoms with van der Waals surface area (Å²) < 4.78 is 5.71. The minimum absolute atomic E-state index is 0.00968. The molecule has 0 unspecified atom stereocenters. The molecule has 1 saturated heterocycles. The van der Waals surface area contributed by atoms with E-state index in [4.69, 9.17) is 4.74 Å². The van der Waals surface area contributed by atoms with E-state index in [0.717, 1.165) is 38.5 Å². The van der Waals surface area contributed by atoms with E-state index in [-0.39, 0.29) is 28.6 Å². The first-order chi connectivity index (χ1) is 10.4. The zero-order chi connectivity index (χ0) is 15.3. The van der Waals surface area contributed by atoms with Crippen molar-refractivity contribution in [3.63, 3.8) is 0 Å². The van der Waals surface area contributed by atoms with Gasteiger partial charge in [0.1, 0.15) is 5.78 Å². The Morgan fingerprint density at radius 2 is 2.05 bits per heavy atom. The van der Waals surface area contributed by atoms with E-state index < -0.39 is 5.41 Å². The number of Topliss-reactive ketones (excluding diaryl/α,β-unsaturated/α-hetero) is 1. The molecule has 0 aromatic heterocycles. The first-order valence-electron chi connectivity index (χ1n) is 8.83. The van der Waals surface area contributed by atoms with Crippen LogP contribution >= 0.6 is 0 Å². The lowest BCUT2D eigenvalue weighted by atomic mass is 9.52. The fourth-order valence-electron chi connectivity index (χ4n) is 7.50. The topological polar surface area (TPSA) is 43.4 Å². The number of ether oxygens (including phenoxy) is 1. The molecule has 0 radical (unpaired) electrons. The summed E-state index contributed by atoms with van der Waals surface area (Å²) in [5.41, 5.74) is 0.908. The van der Waals surface area contributed by atoms with E-state index in [0.29, 0.717) is 24.7 Å². The number of allylic oxidation sites excluding steroid dienone is 1. The van der Waals surface area contributed by atoms with Crippen molar-refractivity contribution in [1.29, 1.82) is 0 Å². The van der Waals surface area contributed by atoms with Crippen LogP contribution in [0.4, 0.5) is 0 Å². The molecule has 0 amide bonds. The fourth-order valence-corrected chi connectivity index (χ4v) is 7.50. The van der Waals surface area contributed by atoms with Gasteiger partial charge >= 0.3 is 5.97 Å². The van der Waals surface area contributed by atoms with Crippen LogP contribution in [-0.2, 0) is 14.3 Å². The molecule has 3 heteroatoms. The van der Waals surface area contributed by atoms with Gasteiger partial charge in [0.05, 0.1) is 12.0 Å². The number of esters is 1. The Bertz CT molecular complexity index is 622. The predicted molar refractivity (Wildman–Crippen MR) is 80.9 cm³/mol. The van der Waals surface area contributed by atoms with Gasteiger partial charge < -0.3 is 4.74 Å². The van der Waals surface area contributed by atoms with Crippen LogP contribution < -0.4 is 0 Å². The van der Waals surface area contributed by atoms with Crippen LogP contribution in [0.15, 0.2) is 12.2 Å². The summed E-state index contributed by atoms with van der Waals surface area (Å²) in [7, 11) is 0. The lowest BCUT2D eigenvalue weighted by molar-refractivity contribution is -0.194. The lowest BCUT2D eigenvalue weighted by Crippen LogP contribution is -2.56. The van der Waals surface area contributed by atoms with E-state index >= 15 is 0 Å². The third-order valence-electron chi connectivity index (χ3n) is 8.20. The molecule has 4 saturated carbocycles. The molecular weight excluding hydrogens is 276 g/mol. The smallest absolute Gasteiger partial charge is 0.312 e.